The molecule has 1 aliphatic rings. The van der Waals surface area contributed by atoms with Crippen LogP contribution in [0.15, 0.2) is 36.4 Å². The summed E-state index contributed by atoms with van der Waals surface area (Å²) in [4.78, 5) is 19.2. The van der Waals surface area contributed by atoms with Gasteiger partial charge in [-0.25, -0.2) is 4.98 Å². The van der Waals surface area contributed by atoms with E-state index in [1.54, 1.807) is 29.5 Å². The maximum absolute atomic E-state index is 12.4. The zero-order valence-corrected chi connectivity index (χ0v) is 15.8. The van der Waals surface area contributed by atoms with Crippen molar-refractivity contribution in [2.75, 3.05) is 23.3 Å². The van der Waals surface area contributed by atoms with Crippen molar-refractivity contribution in [3.8, 4) is 0 Å². The molecular formula is C18H15Cl2N3OS. The Hall–Kier alpha value is -1.82. The fraction of sp³-hybridized carbons (Fsp3) is 0.222. The molecule has 0 unspecified atom stereocenters. The molecule has 25 heavy (non-hydrogen) atoms. The van der Waals surface area contributed by atoms with Gasteiger partial charge in [-0.15, -0.1) is 0 Å². The van der Waals surface area contributed by atoms with Crippen LogP contribution in [-0.4, -0.2) is 24.0 Å². The van der Waals surface area contributed by atoms with Crippen LogP contribution in [0.25, 0.3) is 10.2 Å². The predicted molar refractivity (Wildman–Crippen MR) is 105 cm³/mol. The number of halogens is 2. The standard InChI is InChI=1S/C18H15Cl2N3OS/c1-10-2-5-14-16(6-10)25-18(22-14)23-8-11(9-23)17(24)21-15-7-12(19)3-4-13(15)20/h2-7,11H,8-9H2,1H3,(H,21,24). The highest BCUT2D eigenvalue weighted by atomic mass is 35.5. The Morgan fingerprint density at radius 3 is 2.84 bits per heavy atom. The quantitative estimate of drug-likeness (QED) is 0.683. The monoisotopic (exact) mass is 391 g/mol. The summed E-state index contributed by atoms with van der Waals surface area (Å²) in [5, 5.41) is 4.85. The summed E-state index contributed by atoms with van der Waals surface area (Å²) in [6.45, 7) is 3.38. The first kappa shape index (κ1) is 16.6. The van der Waals surface area contributed by atoms with Crippen molar-refractivity contribution < 1.29 is 4.79 Å². The summed E-state index contributed by atoms with van der Waals surface area (Å²) in [7, 11) is 0. The average Bonchev–Trinajstić information content (AvgIpc) is 2.92. The van der Waals surface area contributed by atoms with Crippen LogP contribution in [-0.2, 0) is 4.79 Å². The molecule has 0 bridgehead atoms. The van der Waals surface area contributed by atoms with Crippen molar-refractivity contribution in [1.82, 2.24) is 4.98 Å². The van der Waals surface area contributed by atoms with E-state index in [0.717, 1.165) is 10.6 Å². The summed E-state index contributed by atoms with van der Waals surface area (Å²) in [5.74, 6) is -0.124. The zero-order chi connectivity index (χ0) is 17.6. The van der Waals surface area contributed by atoms with Crippen LogP contribution in [0.5, 0.6) is 0 Å². The van der Waals surface area contributed by atoms with E-state index in [1.807, 2.05) is 6.07 Å². The highest BCUT2D eigenvalue weighted by Crippen LogP contribution is 2.34. The van der Waals surface area contributed by atoms with Gasteiger partial charge in [-0.1, -0.05) is 40.6 Å². The van der Waals surface area contributed by atoms with Gasteiger partial charge in [-0.05, 0) is 42.8 Å². The number of rotatable bonds is 3. The minimum Gasteiger partial charge on any atom is -0.346 e. The van der Waals surface area contributed by atoms with Gasteiger partial charge in [-0.3, -0.25) is 4.79 Å². The van der Waals surface area contributed by atoms with Crippen LogP contribution < -0.4 is 10.2 Å². The largest absolute Gasteiger partial charge is 0.346 e. The lowest BCUT2D eigenvalue weighted by Gasteiger charge is -2.38. The van der Waals surface area contributed by atoms with Gasteiger partial charge < -0.3 is 10.2 Å². The number of carbonyl (C=O) groups excluding carboxylic acids is 1. The first-order valence-corrected chi connectivity index (χ1v) is 9.45. The SMILES string of the molecule is Cc1ccc2nc(N3CC(C(=O)Nc4cc(Cl)ccc4Cl)C3)sc2c1. The number of amides is 1. The number of nitrogens with one attached hydrogen (secondary N) is 1. The molecule has 0 saturated carbocycles. The third kappa shape index (κ3) is 3.32. The Kier molecular flexibility index (Phi) is 4.31. The van der Waals surface area contributed by atoms with Gasteiger partial charge in [0, 0.05) is 18.1 Å². The second-order valence-corrected chi connectivity index (χ2v) is 8.04. The molecule has 7 heteroatoms. The van der Waals surface area contributed by atoms with Crippen LogP contribution in [0, 0.1) is 12.8 Å². The third-order valence-corrected chi connectivity index (χ3v) is 5.89. The molecule has 4 nitrogen and oxygen atoms in total. The van der Waals surface area contributed by atoms with Crippen molar-refractivity contribution in [2.45, 2.75) is 6.92 Å². The van der Waals surface area contributed by atoms with Gasteiger partial charge in [0.25, 0.3) is 0 Å². The molecule has 0 aliphatic carbocycles. The first-order chi connectivity index (χ1) is 12.0. The molecule has 0 atom stereocenters. The summed E-state index contributed by atoms with van der Waals surface area (Å²) >= 11 is 13.7. The van der Waals surface area contributed by atoms with Gasteiger partial charge in [0.2, 0.25) is 5.91 Å². The number of aromatic nitrogens is 1. The minimum absolute atomic E-state index is 0.0441. The van der Waals surface area contributed by atoms with Crippen LogP contribution in [0.4, 0.5) is 10.8 Å². The van der Waals surface area contributed by atoms with E-state index in [4.69, 9.17) is 23.2 Å². The Labute approximate surface area is 159 Å². The number of fused-ring (bicyclic) bond motifs is 1. The predicted octanol–water partition coefficient (Wildman–Crippen LogP) is 4.99. The number of hydrogen-bond acceptors (Lipinski definition) is 4. The van der Waals surface area contributed by atoms with Crippen molar-refractivity contribution in [3.05, 3.63) is 52.0 Å². The number of nitrogens with zero attached hydrogens (tertiary/aromatic N) is 2. The highest BCUT2D eigenvalue weighted by molar-refractivity contribution is 7.22. The highest BCUT2D eigenvalue weighted by Gasteiger charge is 2.34. The average molecular weight is 392 g/mol. The third-order valence-electron chi connectivity index (χ3n) is 4.24. The molecule has 1 fully saturated rings. The number of thiazole rings is 1. The lowest BCUT2D eigenvalue weighted by Crippen LogP contribution is -2.52. The van der Waals surface area contributed by atoms with Gasteiger partial charge in [-0.2, -0.15) is 0 Å². The van der Waals surface area contributed by atoms with Crippen molar-refractivity contribution in [1.29, 1.82) is 0 Å². The maximum Gasteiger partial charge on any atom is 0.231 e. The summed E-state index contributed by atoms with van der Waals surface area (Å²) < 4.78 is 1.17. The van der Waals surface area contributed by atoms with Crippen molar-refractivity contribution in [3.63, 3.8) is 0 Å². The molecule has 1 aliphatic heterocycles. The molecule has 0 spiro atoms. The zero-order valence-electron chi connectivity index (χ0n) is 13.4. The van der Waals surface area contributed by atoms with E-state index < -0.39 is 0 Å². The maximum atomic E-state index is 12.4. The van der Waals surface area contributed by atoms with E-state index in [2.05, 4.69) is 34.3 Å². The van der Waals surface area contributed by atoms with Crippen LogP contribution in [0.3, 0.4) is 0 Å². The lowest BCUT2D eigenvalue weighted by molar-refractivity contribution is -0.120. The van der Waals surface area contributed by atoms with Crippen LogP contribution >= 0.6 is 34.5 Å². The number of aryl methyl sites for hydroxylation is 1. The second-order valence-electron chi connectivity index (χ2n) is 6.18. The molecule has 1 saturated heterocycles. The summed E-state index contributed by atoms with van der Waals surface area (Å²) in [6.07, 6.45) is 0. The molecule has 0 radical (unpaired) electrons. The normalized spacial score (nSPS) is 14.6. The fourth-order valence-corrected chi connectivity index (χ4v) is 4.20. The van der Waals surface area contributed by atoms with E-state index in [-0.39, 0.29) is 11.8 Å². The van der Waals surface area contributed by atoms with Crippen LogP contribution in [0.1, 0.15) is 5.56 Å². The molecule has 1 aromatic heterocycles. The topological polar surface area (TPSA) is 45.2 Å². The van der Waals surface area contributed by atoms with E-state index in [0.29, 0.717) is 28.8 Å². The molecule has 3 aromatic rings. The Morgan fingerprint density at radius 2 is 2.04 bits per heavy atom. The van der Waals surface area contributed by atoms with Crippen molar-refractivity contribution >= 4 is 61.5 Å². The molecule has 128 valence electrons. The van der Waals surface area contributed by atoms with E-state index in [1.165, 1.54) is 10.3 Å². The summed E-state index contributed by atoms with van der Waals surface area (Å²) in [6, 6.07) is 11.3. The molecule has 1 N–H and O–H groups in total. The van der Waals surface area contributed by atoms with Gasteiger partial charge in [0.1, 0.15) is 0 Å². The summed E-state index contributed by atoms with van der Waals surface area (Å²) in [5.41, 5.74) is 2.78. The van der Waals surface area contributed by atoms with E-state index in [9.17, 15) is 4.79 Å². The minimum atomic E-state index is -0.0798. The second kappa shape index (κ2) is 6.48. The van der Waals surface area contributed by atoms with E-state index >= 15 is 0 Å². The molecule has 2 aromatic carbocycles. The molecular weight excluding hydrogens is 377 g/mol. The molecule has 1 amide bonds. The number of carbonyl (C=O) groups is 1. The fourth-order valence-electron chi connectivity index (χ4n) is 2.78. The number of benzene rings is 2. The van der Waals surface area contributed by atoms with Gasteiger partial charge in [0.05, 0.1) is 26.8 Å². The Morgan fingerprint density at radius 1 is 1.24 bits per heavy atom. The van der Waals surface area contributed by atoms with Gasteiger partial charge >= 0.3 is 0 Å². The Bertz CT molecular complexity index is 966. The molecule has 4 rings (SSSR count). The smallest absolute Gasteiger partial charge is 0.231 e. The first-order valence-electron chi connectivity index (χ1n) is 7.87. The Balaban J connectivity index is 1.42. The number of hydrogen-bond donors (Lipinski definition) is 1. The van der Waals surface area contributed by atoms with Gasteiger partial charge in [0.15, 0.2) is 5.13 Å². The molecule has 2 heterocycles. The number of anilines is 2. The lowest BCUT2D eigenvalue weighted by atomic mass is 10.00. The van der Waals surface area contributed by atoms with Crippen molar-refractivity contribution in [2.24, 2.45) is 5.92 Å². The van der Waals surface area contributed by atoms with Crippen LogP contribution in [0.2, 0.25) is 10.0 Å².